The molecule has 1 rings (SSSR count). The van der Waals surface area contributed by atoms with Crippen LogP contribution in [0.25, 0.3) is 0 Å². The number of rotatable bonds is 3. The Kier molecular flexibility index (Phi) is 4.28. The number of carbonyl (C=O) groups is 1. The Labute approximate surface area is 90.7 Å². The number of carboxylic acids is 1. The summed E-state index contributed by atoms with van der Waals surface area (Å²) in [6, 6.07) is 5.65. The molecule has 0 radical (unpaired) electrons. The molecule has 0 heterocycles. The van der Waals surface area contributed by atoms with Gasteiger partial charge >= 0.3 is 12.6 Å². The van der Waals surface area contributed by atoms with E-state index in [0.717, 1.165) is 0 Å². The third-order valence-electron chi connectivity index (χ3n) is 1.55. The lowest BCUT2D eigenvalue weighted by Gasteiger charge is -2.02. The zero-order valence-electron chi connectivity index (χ0n) is 8.11. The van der Waals surface area contributed by atoms with E-state index in [1.54, 1.807) is 0 Å². The maximum Gasteiger partial charge on any atom is 0.387 e. The minimum atomic E-state index is -2.86. The van der Waals surface area contributed by atoms with Crippen molar-refractivity contribution >= 4 is 5.97 Å². The first-order chi connectivity index (χ1) is 7.58. The second-order valence-electron chi connectivity index (χ2n) is 2.78. The van der Waals surface area contributed by atoms with Gasteiger partial charge in [-0.3, -0.25) is 4.79 Å². The zero-order chi connectivity index (χ0) is 12.0. The van der Waals surface area contributed by atoms with E-state index >= 15 is 0 Å². The molecule has 0 aliphatic carbocycles. The highest BCUT2D eigenvalue weighted by Gasteiger charge is 2.02. The average Bonchev–Trinajstić information content (AvgIpc) is 2.19. The van der Waals surface area contributed by atoms with Crippen molar-refractivity contribution in [2.45, 2.75) is 13.0 Å². The Hall–Kier alpha value is -2.09. The fourth-order valence-corrected chi connectivity index (χ4v) is 0.942. The van der Waals surface area contributed by atoms with Crippen LogP contribution in [-0.4, -0.2) is 17.7 Å². The second kappa shape index (κ2) is 5.71. The van der Waals surface area contributed by atoms with Crippen molar-refractivity contribution in [1.29, 1.82) is 0 Å². The molecule has 3 nitrogen and oxygen atoms in total. The number of benzene rings is 1. The Bertz CT molecular complexity index is 415. The lowest BCUT2D eigenvalue weighted by molar-refractivity contribution is -0.135. The van der Waals surface area contributed by atoms with Gasteiger partial charge in [-0.2, -0.15) is 8.78 Å². The Morgan fingerprint density at radius 2 is 2.00 bits per heavy atom. The van der Waals surface area contributed by atoms with E-state index in [1.807, 2.05) is 0 Å². The van der Waals surface area contributed by atoms with Crippen molar-refractivity contribution in [3.8, 4) is 17.6 Å². The van der Waals surface area contributed by atoms with Crippen molar-refractivity contribution in [2.75, 3.05) is 0 Å². The number of halogens is 2. The first kappa shape index (κ1) is 12.0. The van der Waals surface area contributed by atoms with Crippen LogP contribution in [0, 0.1) is 11.8 Å². The first-order valence-electron chi connectivity index (χ1n) is 4.33. The molecule has 0 amide bonds. The molecular formula is C11H8F2O3. The van der Waals surface area contributed by atoms with E-state index in [4.69, 9.17) is 5.11 Å². The van der Waals surface area contributed by atoms with Gasteiger partial charge in [0, 0.05) is 5.56 Å². The molecule has 0 atom stereocenters. The molecule has 1 aromatic carbocycles. The van der Waals surface area contributed by atoms with Gasteiger partial charge in [0.1, 0.15) is 12.2 Å². The lowest BCUT2D eigenvalue weighted by Crippen LogP contribution is -2.01. The van der Waals surface area contributed by atoms with E-state index in [0.29, 0.717) is 5.56 Å². The Morgan fingerprint density at radius 1 is 1.38 bits per heavy atom. The quantitative estimate of drug-likeness (QED) is 0.803. The van der Waals surface area contributed by atoms with Crippen LogP contribution >= 0.6 is 0 Å². The van der Waals surface area contributed by atoms with Crippen molar-refractivity contribution in [1.82, 2.24) is 0 Å². The highest BCUT2D eigenvalue weighted by Crippen LogP contribution is 2.14. The summed E-state index contributed by atoms with van der Waals surface area (Å²) in [5.74, 6) is 4.04. The van der Waals surface area contributed by atoms with E-state index in [2.05, 4.69) is 16.6 Å². The van der Waals surface area contributed by atoms with Crippen LogP contribution in [0.1, 0.15) is 12.0 Å². The zero-order valence-corrected chi connectivity index (χ0v) is 8.11. The van der Waals surface area contributed by atoms with Crippen LogP contribution in [-0.2, 0) is 4.79 Å². The van der Waals surface area contributed by atoms with Crippen molar-refractivity contribution in [3.05, 3.63) is 29.8 Å². The van der Waals surface area contributed by atoms with E-state index < -0.39 is 12.6 Å². The maximum absolute atomic E-state index is 11.8. The summed E-state index contributed by atoms with van der Waals surface area (Å²) in [4.78, 5) is 10.2. The molecule has 16 heavy (non-hydrogen) atoms. The Balaban J connectivity index is 2.63. The summed E-state index contributed by atoms with van der Waals surface area (Å²) >= 11 is 0. The van der Waals surface area contributed by atoms with Crippen LogP contribution in [0.15, 0.2) is 24.3 Å². The number of carboxylic acid groups (broad SMARTS) is 1. The molecule has 1 aromatic rings. The van der Waals surface area contributed by atoms with Crippen LogP contribution in [0.5, 0.6) is 5.75 Å². The normalized spacial score (nSPS) is 9.44. The van der Waals surface area contributed by atoms with Crippen LogP contribution in [0.2, 0.25) is 0 Å². The second-order valence-corrected chi connectivity index (χ2v) is 2.78. The maximum atomic E-state index is 11.8. The van der Waals surface area contributed by atoms with E-state index in [-0.39, 0.29) is 12.2 Å². The fraction of sp³-hybridized carbons (Fsp3) is 0.182. The number of hydrogen-bond donors (Lipinski definition) is 1. The fourth-order valence-electron chi connectivity index (χ4n) is 0.942. The molecule has 0 aliphatic heterocycles. The van der Waals surface area contributed by atoms with Crippen molar-refractivity contribution in [2.24, 2.45) is 0 Å². The number of ether oxygens (including phenoxy) is 1. The van der Waals surface area contributed by atoms with E-state index in [1.165, 1.54) is 24.3 Å². The predicted molar refractivity (Wildman–Crippen MR) is 52.2 cm³/mol. The van der Waals surface area contributed by atoms with Crippen molar-refractivity contribution in [3.63, 3.8) is 0 Å². The Morgan fingerprint density at radius 3 is 2.50 bits per heavy atom. The van der Waals surface area contributed by atoms with Gasteiger partial charge in [-0.1, -0.05) is 11.8 Å². The largest absolute Gasteiger partial charge is 0.481 e. The SMILES string of the molecule is O=C(O)CC#Cc1ccc(OC(F)F)cc1. The topological polar surface area (TPSA) is 46.5 Å². The molecule has 1 N–H and O–H groups in total. The van der Waals surface area contributed by atoms with Crippen LogP contribution in [0.3, 0.4) is 0 Å². The summed E-state index contributed by atoms with van der Waals surface area (Å²) in [6.07, 6.45) is -0.255. The van der Waals surface area contributed by atoms with Gasteiger partial charge in [-0.05, 0) is 24.3 Å². The molecule has 0 bridgehead atoms. The summed E-state index contributed by atoms with van der Waals surface area (Å²) in [5.41, 5.74) is 0.544. The van der Waals surface area contributed by atoms with Gasteiger partial charge in [0.25, 0.3) is 0 Å². The van der Waals surface area contributed by atoms with E-state index in [9.17, 15) is 13.6 Å². The van der Waals surface area contributed by atoms with Crippen molar-refractivity contribution < 1.29 is 23.4 Å². The minimum Gasteiger partial charge on any atom is -0.481 e. The molecule has 0 fully saturated rings. The molecule has 0 aliphatic rings. The highest BCUT2D eigenvalue weighted by atomic mass is 19.3. The smallest absolute Gasteiger partial charge is 0.387 e. The molecular weight excluding hydrogens is 218 g/mol. The summed E-state index contributed by atoms with van der Waals surface area (Å²) in [7, 11) is 0. The molecule has 5 heteroatoms. The summed E-state index contributed by atoms with van der Waals surface area (Å²) in [5, 5.41) is 8.33. The monoisotopic (exact) mass is 226 g/mol. The molecule has 0 saturated carbocycles. The summed E-state index contributed by atoms with van der Waals surface area (Å²) < 4.78 is 27.7. The average molecular weight is 226 g/mol. The third-order valence-corrected chi connectivity index (χ3v) is 1.55. The molecule has 0 aromatic heterocycles. The van der Waals surface area contributed by atoms with Gasteiger partial charge in [0.2, 0.25) is 0 Å². The van der Waals surface area contributed by atoms with Gasteiger partial charge in [-0.15, -0.1) is 0 Å². The number of aliphatic carboxylic acids is 1. The summed E-state index contributed by atoms with van der Waals surface area (Å²) in [6.45, 7) is -2.86. The van der Waals surface area contributed by atoms with Gasteiger partial charge in [0.15, 0.2) is 0 Å². The minimum absolute atomic E-state index is 0.0405. The predicted octanol–water partition coefficient (Wildman–Crippen LogP) is 2.11. The van der Waals surface area contributed by atoms with Gasteiger partial charge in [0.05, 0.1) is 0 Å². The number of hydrogen-bond acceptors (Lipinski definition) is 2. The van der Waals surface area contributed by atoms with Crippen LogP contribution < -0.4 is 4.74 Å². The number of alkyl halides is 2. The van der Waals surface area contributed by atoms with Gasteiger partial charge < -0.3 is 9.84 Å². The third kappa shape index (κ3) is 4.42. The standard InChI is InChI=1S/C11H8F2O3/c12-11(13)16-9-6-4-8(5-7-9)2-1-3-10(14)15/h4-7,11H,3H2,(H,14,15). The lowest BCUT2D eigenvalue weighted by atomic mass is 10.2. The van der Waals surface area contributed by atoms with Gasteiger partial charge in [-0.25, -0.2) is 0 Å². The molecule has 0 saturated heterocycles. The van der Waals surface area contributed by atoms with Crippen LogP contribution in [0.4, 0.5) is 8.78 Å². The highest BCUT2D eigenvalue weighted by molar-refractivity contribution is 5.70. The first-order valence-corrected chi connectivity index (χ1v) is 4.33. The molecule has 84 valence electrons. The molecule has 0 spiro atoms. The molecule has 0 unspecified atom stereocenters.